The molecule has 4 heteroatoms. The summed E-state index contributed by atoms with van der Waals surface area (Å²) in [6, 6.07) is 3.44. The maximum atomic E-state index is 13.8. The predicted octanol–water partition coefficient (Wildman–Crippen LogP) is 5.36. The van der Waals surface area contributed by atoms with Gasteiger partial charge in [-0.25, -0.2) is 9.37 Å². The zero-order valence-electron chi connectivity index (χ0n) is 12.7. The van der Waals surface area contributed by atoms with Crippen LogP contribution >= 0.6 is 11.6 Å². The van der Waals surface area contributed by atoms with Crippen molar-refractivity contribution in [1.82, 2.24) is 9.55 Å². The highest BCUT2D eigenvalue weighted by Crippen LogP contribution is 2.31. The second-order valence-corrected chi connectivity index (χ2v) is 6.95. The Hall–Kier alpha value is -1.09. The molecule has 1 saturated carbocycles. The number of hydrogen-bond acceptors (Lipinski definition) is 1. The number of nitrogens with zero attached hydrogens (tertiary/aromatic N) is 2. The van der Waals surface area contributed by atoms with Crippen molar-refractivity contribution in [3.63, 3.8) is 0 Å². The van der Waals surface area contributed by atoms with Crippen molar-refractivity contribution in [3.8, 4) is 0 Å². The van der Waals surface area contributed by atoms with Crippen LogP contribution in [0.15, 0.2) is 12.1 Å². The fraction of sp³-hybridized carbons (Fsp3) is 0.588. The summed E-state index contributed by atoms with van der Waals surface area (Å²) in [5, 5.41) is -0.163. The fourth-order valence-electron chi connectivity index (χ4n) is 3.39. The quantitative estimate of drug-likeness (QED) is 0.698. The molecule has 2 nitrogen and oxygen atoms in total. The van der Waals surface area contributed by atoms with Crippen molar-refractivity contribution in [1.29, 1.82) is 0 Å². The van der Waals surface area contributed by atoms with Crippen LogP contribution in [0.1, 0.15) is 55.8 Å². The highest BCUT2D eigenvalue weighted by atomic mass is 35.5. The first-order chi connectivity index (χ1) is 10.1. The van der Waals surface area contributed by atoms with Crippen LogP contribution in [-0.2, 0) is 6.54 Å². The molecule has 1 heterocycles. The zero-order valence-corrected chi connectivity index (χ0v) is 13.5. The van der Waals surface area contributed by atoms with E-state index in [2.05, 4.69) is 9.55 Å². The minimum absolute atomic E-state index is 0.163. The van der Waals surface area contributed by atoms with Gasteiger partial charge in [0.05, 0.1) is 16.4 Å². The summed E-state index contributed by atoms with van der Waals surface area (Å²) < 4.78 is 16.0. The molecule has 1 aromatic heterocycles. The van der Waals surface area contributed by atoms with Crippen LogP contribution in [0.5, 0.6) is 0 Å². The first-order valence-corrected chi connectivity index (χ1v) is 8.30. The standard InChI is InChI=1S/C17H22ClFN2/c1-11-8-16-15(9-14(11)19)20-17(12(2)18)21(16)10-13-6-4-3-5-7-13/h8-9,12-13H,3-7,10H2,1-2H3. The summed E-state index contributed by atoms with van der Waals surface area (Å²) in [7, 11) is 0. The van der Waals surface area contributed by atoms with E-state index >= 15 is 0 Å². The number of halogens is 2. The van der Waals surface area contributed by atoms with E-state index in [0.717, 1.165) is 23.4 Å². The molecule has 3 rings (SSSR count). The molecule has 1 aliphatic carbocycles. The largest absolute Gasteiger partial charge is 0.326 e. The van der Waals surface area contributed by atoms with Crippen LogP contribution in [0.3, 0.4) is 0 Å². The van der Waals surface area contributed by atoms with Gasteiger partial charge in [-0.05, 0) is 44.2 Å². The van der Waals surface area contributed by atoms with Crippen molar-refractivity contribution < 1.29 is 4.39 Å². The number of alkyl halides is 1. The van der Waals surface area contributed by atoms with Crippen LogP contribution in [0.25, 0.3) is 11.0 Å². The summed E-state index contributed by atoms with van der Waals surface area (Å²) >= 11 is 6.30. The number of benzene rings is 1. The Morgan fingerprint density at radius 2 is 2.05 bits per heavy atom. The van der Waals surface area contributed by atoms with Crippen LogP contribution in [0.2, 0.25) is 0 Å². The van der Waals surface area contributed by atoms with Crippen molar-refractivity contribution in [2.24, 2.45) is 5.92 Å². The molecule has 114 valence electrons. The summed E-state index contributed by atoms with van der Waals surface area (Å²) in [5.74, 6) is 1.36. The molecule has 0 bridgehead atoms. The molecule has 1 aliphatic rings. The average Bonchev–Trinajstić information content (AvgIpc) is 2.79. The van der Waals surface area contributed by atoms with Gasteiger partial charge in [0.15, 0.2) is 0 Å². The molecule has 0 radical (unpaired) electrons. The predicted molar refractivity (Wildman–Crippen MR) is 85.3 cm³/mol. The van der Waals surface area contributed by atoms with Gasteiger partial charge in [0.2, 0.25) is 0 Å². The third-order valence-electron chi connectivity index (χ3n) is 4.58. The Balaban J connectivity index is 2.04. The van der Waals surface area contributed by atoms with Gasteiger partial charge in [-0.15, -0.1) is 11.6 Å². The maximum absolute atomic E-state index is 13.8. The van der Waals surface area contributed by atoms with E-state index in [1.807, 2.05) is 13.0 Å². The third kappa shape index (κ3) is 2.94. The Kier molecular flexibility index (Phi) is 4.21. The summed E-state index contributed by atoms with van der Waals surface area (Å²) in [4.78, 5) is 4.57. The highest BCUT2D eigenvalue weighted by molar-refractivity contribution is 6.20. The lowest BCUT2D eigenvalue weighted by Crippen LogP contribution is -2.16. The molecule has 21 heavy (non-hydrogen) atoms. The molecule has 2 aromatic rings. The first-order valence-electron chi connectivity index (χ1n) is 7.86. The number of fused-ring (bicyclic) bond motifs is 1. The smallest absolute Gasteiger partial charge is 0.128 e. The Labute approximate surface area is 130 Å². The molecular formula is C17H22ClFN2. The number of hydrogen-bond donors (Lipinski definition) is 0. The van der Waals surface area contributed by atoms with Gasteiger partial charge in [0.25, 0.3) is 0 Å². The first kappa shape index (κ1) is 14.8. The topological polar surface area (TPSA) is 17.8 Å². The number of aromatic nitrogens is 2. The fourth-order valence-corrected chi connectivity index (χ4v) is 3.56. The van der Waals surface area contributed by atoms with E-state index in [1.165, 1.54) is 38.2 Å². The minimum atomic E-state index is -0.196. The summed E-state index contributed by atoms with van der Waals surface area (Å²) in [5.41, 5.74) is 2.40. The number of imidazole rings is 1. The lowest BCUT2D eigenvalue weighted by Gasteiger charge is -2.23. The van der Waals surface area contributed by atoms with E-state index in [0.29, 0.717) is 11.5 Å². The lowest BCUT2D eigenvalue weighted by atomic mass is 9.89. The van der Waals surface area contributed by atoms with Crippen molar-refractivity contribution in [2.45, 2.75) is 57.9 Å². The van der Waals surface area contributed by atoms with Crippen LogP contribution in [0.4, 0.5) is 4.39 Å². The van der Waals surface area contributed by atoms with Crippen LogP contribution < -0.4 is 0 Å². The van der Waals surface area contributed by atoms with Gasteiger partial charge in [0, 0.05) is 12.6 Å². The van der Waals surface area contributed by atoms with Crippen molar-refractivity contribution in [2.75, 3.05) is 0 Å². The van der Waals surface area contributed by atoms with E-state index in [9.17, 15) is 4.39 Å². The van der Waals surface area contributed by atoms with E-state index in [1.54, 1.807) is 6.92 Å². The molecule has 0 N–H and O–H groups in total. The van der Waals surface area contributed by atoms with E-state index < -0.39 is 0 Å². The second kappa shape index (κ2) is 5.96. The molecule has 0 amide bonds. The molecule has 1 atom stereocenters. The lowest BCUT2D eigenvalue weighted by molar-refractivity contribution is 0.319. The van der Waals surface area contributed by atoms with Crippen LogP contribution in [-0.4, -0.2) is 9.55 Å². The molecule has 1 unspecified atom stereocenters. The average molecular weight is 309 g/mol. The monoisotopic (exact) mass is 308 g/mol. The molecule has 0 saturated heterocycles. The van der Waals surface area contributed by atoms with Gasteiger partial charge in [-0.3, -0.25) is 0 Å². The Morgan fingerprint density at radius 1 is 1.33 bits per heavy atom. The Bertz CT molecular complexity index is 642. The van der Waals surface area contributed by atoms with Gasteiger partial charge in [-0.2, -0.15) is 0 Å². The van der Waals surface area contributed by atoms with Gasteiger partial charge < -0.3 is 4.57 Å². The van der Waals surface area contributed by atoms with Gasteiger partial charge in [-0.1, -0.05) is 19.3 Å². The zero-order chi connectivity index (χ0) is 15.0. The third-order valence-corrected chi connectivity index (χ3v) is 4.77. The molecule has 0 spiro atoms. The molecular weight excluding hydrogens is 287 g/mol. The van der Waals surface area contributed by atoms with E-state index in [4.69, 9.17) is 11.6 Å². The van der Waals surface area contributed by atoms with E-state index in [-0.39, 0.29) is 11.2 Å². The molecule has 1 aromatic carbocycles. The molecule has 0 aliphatic heterocycles. The van der Waals surface area contributed by atoms with Crippen LogP contribution in [0, 0.1) is 18.7 Å². The van der Waals surface area contributed by atoms with Crippen molar-refractivity contribution >= 4 is 22.6 Å². The normalized spacial score (nSPS) is 18.3. The van der Waals surface area contributed by atoms with Crippen molar-refractivity contribution in [3.05, 3.63) is 29.3 Å². The van der Waals surface area contributed by atoms with Gasteiger partial charge in [0.1, 0.15) is 11.6 Å². The highest BCUT2D eigenvalue weighted by Gasteiger charge is 2.20. The second-order valence-electron chi connectivity index (χ2n) is 6.29. The van der Waals surface area contributed by atoms with Gasteiger partial charge >= 0.3 is 0 Å². The minimum Gasteiger partial charge on any atom is -0.326 e. The number of aryl methyl sites for hydroxylation is 1. The number of rotatable bonds is 3. The summed E-state index contributed by atoms with van der Waals surface area (Å²) in [6.07, 6.45) is 6.53. The SMILES string of the molecule is Cc1cc2c(cc1F)nc(C(C)Cl)n2CC1CCCCC1. The Morgan fingerprint density at radius 3 is 2.71 bits per heavy atom. The molecule has 1 fully saturated rings. The summed E-state index contributed by atoms with van der Waals surface area (Å²) in [6.45, 7) is 4.69. The maximum Gasteiger partial charge on any atom is 0.128 e.